The number of benzene rings is 2. The molecule has 0 unspecified atom stereocenters. The second kappa shape index (κ2) is 7.40. The molecule has 0 radical (unpaired) electrons. The van der Waals surface area contributed by atoms with Gasteiger partial charge in [-0.1, -0.05) is 12.1 Å². The van der Waals surface area contributed by atoms with E-state index in [2.05, 4.69) is 15.4 Å². The topological polar surface area (TPSA) is 82.2 Å². The lowest BCUT2D eigenvalue weighted by Crippen LogP contribution is -2.14. The van der Waals surface area contributed by atoms with Gasteiger partial charge in [0.25, 0.3) is 5.91 Å². The van der Waals surface area contributed by atoms with Crippen molar-refractivity contribution < 1.29 is 13.9 Å². The quantitative estimate of drug-likeness (QED) is 0.569. The minimum absolute atomic E-state index is 0.0451. The maximum atomic E-state index is 12.7. The number of aromatic nitrogens is 3. The summed E-state index contributed by atoms with van der Waals surface area (Å²) in [6.45, 7) is 1.99. The largest absolute Gasteiger partial charge is 0.497 e. The molecule has 2 heterocycles. The summed E-state index contributed by atoms with van der Waals surface area (Å²) < 4.78 is 12.2. The number of carbonyl (C=O) groups is 1. The van der Waals surface area contributed by atoms with Crippen molar-refractivity contribution in [2.75, 3.05) is 12.4 Å². The van der Waals surface area contributed by atoms with E-state index in [4.69, 9.17) is 9.15 Å². The summed E-state index contributed by atoms with van der Waals surface area (Å²) in [4.78, 5) is 17.1. The average molecular weight is 374 g/mol. The zero-order valence-electron chi connectivity index (χ0n) is 15.4. The first kappa shape index (κ1) is 17.5. The lowest BCUT2D eigenvalue weighted by molar-refractivity contribution is 0.101. The summed E-state index contributed by atoms with van der Waals surface area (Å²) in [5, 5.41) is 7.21. The van der Waals surface area contributed by atoms with Crippen LogP contribution in [0, 0.1) is 6.92 Å². The molecule has 0 spiro atoms. The smallest absolute Gasteiger partial charge is 0.295 e. The Morgan fingerprint density at radius 2 is 1.93 bits per heavy atom. The molecule has 4 aromatic rings. The molecular formula is C21H18N4O3. The summed E-state index contributed by atoms with van der Waals surface area (Å²) >= 11 is 0. The van der Waals surface area contributed by atoms with Crippen molar-refractivity contribution in [3.05, 3.63) is 78.3 Å². The molecule has 0 saturated heterocycles. The van der Waals surface area contributed by atoms with E-state index >= 15 is 0 Å². The number of hydrogen-bond acceptors (Lipinski definition) is 5. The van der Waals surface area contributed by atoms with E-state index in [1.165, 1.54) is 0 Å². The minimum atomic E-state index is -0.413. The van der Waals surface area contributed by atoms with E-state index in [1.54, 1.807) is 54.5 Å². The highest BCUT2D eigenvalue weighted by molar-refractivity contribution is 6.01. The van der Waals surface area contributed by atoms with E-state index in [0.29, 0.717) is 23.0 Å². The van der Waals surface area contributed by atoms with Gasteiger partial charge in [0.15, 0.2) is 11.6 Å². The number of hydrogen-bond donors (Lipinski definition) is 1. The molecular weight excluding hydrogens is 356 g/mol. The standard InChI is InChI=1S/C21H18N4O3/c1-14-5-3-6-16(13-14)25-20(18-7-4-12-28-18)23-19(24-25)21(26)22-15-8-10-17(27-2)11-9-15/h3-13H,1-2H3,(H,22,26). The van der Waals surface area contributed by atoms with Crippen molar-refractivity contribution in [1.29, 1.82) is 0 Å². The Kier molecular flexibility index (Phi) is 4.63. The Labute approximate surface area is 161 Å². The molecule has 7 nitrogen and oxygen atoms in total. The van der Waals surface area contributed by atoms with Gasteiger partial charge in [-0.15, -0.1) is 5.10 Å². The van der Waals surface area contributed by atoms with Crippen LogP contribution in [0.1, 0.15) is 16.2 Å². The average Bonchev–Trinajstić information content (AvgIpc) is 3.38. The molecule has 0 bridgehead atoms. The first-order chi connectivity index (χ1) is 13.6. The summed E-state index contributed by atoms with van der Waals surface area (Å²) in [5.74, 6) is 1.32. The Balaban J connectivity index is 1.69. The number of carbonyl (C=O) groups excluding carboxylic acids is 1. The van der Waals surface area contributed by atoms with Crippen LogP contribution in [-0.4, -0.2) is 27.8 Å². The Morgan fingerprint density at radius 1 is 1.11 bits per heavy atom. The van der Waals surface area contributed by atoms with Gasteiger partial charge in [0.1, 0.15) is 5.75 Å². The van der Waals surface area contributed by atoms with Crippen LogP contribution in [0.5, 0.6) is 5.75 Å². The van der Waals surface area contributed by atoms with Gasteiger partial charge >= 0.3 is 0 Å². The van der Waals surface area contributed by atoms with Gasteiger partial charge in [-0.05, 0) is 61.0 Å². The Bertz CT molecular complexity index is 1100. The summed E-state index contributed by atoms with van der Waals surface area (Å²) in [6, 6.07) is 18.4. The highest BCUT2D eigenvalue weighted by Crippen LogP contribution is 2.23. The Morgan fingerprint density at radius 3 is 2.61 bits per heavy atom. The monoisotopic (exact) mass is 374 g/mol. The predicted molar refractivity (Wildman–Crippen MR) is 105 cm³/mol. The number of anilines is 1. The molecule has 140 valence electrons. The van der Waals surface area contributed by atoms with Crippen LogP contribution in [0.15, 0.2) is 71.3 Å². The first-order valence-corrected chi connectivity index (χ1v) is 8.67. The van der Waals surface area contributed by atoms with Crippen molar-refractivity contribution in [3.63, 3.8) is 0 Å². The summed E-state index contributed by atoms with van der Waals surface area (Å²) in [6.07, 6.45) is 1.56. The van der Waals surface area contributed by atoms with E-state index < -0.39 is 5.91 Å². The predicted octanol–water partition coefficient (Wildman–Crippen LogP) is 4.10. The maximum Gasteiger partial charge on any atom is 0.295 e. The van der Waals surface area contributed by atoms with Crippen molar-refractivity contribution in [3.8, 4) is 23.0 Å². The van der Waals surface area contributed by atoms with Gasteiger partial charge in [0, 0.05) is 5.69 Å². The number of rotatable bonds is 5. The van der Waals surface area contributed by atoms with Gasteiger partial charge < -0.3 is 14.5 Å². The second-order valence-electron chi connectivity index (χ2n) is 6.17. The zero-order valence-corrected chi connectivity index (χ0v) is 15.4. The normalized spacial score (nSPS) is 10.6. The minimum Gasteiger partial charge on any atom is -0.497 e. The molecule has 0 aliphatic carbocycles. The van der Waals surface area contributed by atoms with Gasteiger partial charge in [0.2, 0.25) is 5.82 Å². The van der Waals surface area contributed by atoms with E-state index in [-0.39, 0.29) is 5.82 Å². The molecule has 0 aliphatic heterocycles. The van der Waals surface area contributed by atoms with Crippen LogP contribution in [-0.2, 0) is 0 Å². The molecule has 1 N–H and O–H groups in total. The number of nitrogens with zero attached hydrogens (tertiary/aromatic N) is 3. The number of methoxy groups -OCH3 is 1. The van der Waals surface area contributed by atoms with Crippen molar-refractivity contribution in [1.82, 2.24) is 14.8 Å². The van der Waals surface area contributed by atoms with Crippen LogP contribution >= 0.6 is 0 Å². The third-order valence-corrected chi connectivity index (χ3v) is 4.15. The maximum absolute atomic E-state index is 12.7. The van der Waals surface area contributed by atoms with Crippen LogP contribution in [0.4, 0.5) is 5.69 Å². The van der Waals surface area contributed by atoms with Crippen LogP contribution in [0.3, 0.4) is 0 Å². The Hall–Kier alpha value is -3.87. The third-order valence-electron chi connectivity index (χ3n) is 4.15. The highest BCUT2D eigenvalue weighted by atomic mass is 16.5. The SMILES string of the molecule is COc1ccc(NC(=O)c2nc(-c3ccco3)n(-c3cccc(C)c3)n2)cc1. The van der Waals surface area contributed by atoms with Gasteiger partial charge in [-0.2, -0.15) is 4.98 Å². The number of ether oxygens (including phenoxy) is 1. The van der Waals surface area contributed by atoms with E-state index in [9.17, 15) is 4.79 Å². The summed E-state index contributed by atoms with van der Waals surface area (Å²) in [5.41, 5.74) is 2.49. The fourth-order valence-corrected chi connectivity index (χ4v) is 2.77. The lowest BCUT2D eigenvalue weighted by atomic mass is 10.2. The van der Waals surface area contributed by atoms with Gasteiger partial charge in [0.05, 0.1) is 19.1 Å². The zero-order chi connectivity index (χ0) is 19.5. The number of aryl methyl sites for hydroxylation is 1. The van der Waals surface area contributed by atoms with Crippen LogP contribution < -0.4 is 10.1 Å². The number of amides is 1. The molecule has 0 aliphatic rings. The van der Waals surface area contributed by atoms with E-state index in [0.717, 1.165) is 11.3 Å². The molecule has 7 heteroatoms. The number of furan rings is 1. The molecule has 4 rings (SSSR count). The lowest BCUT2D eigenvalue weighted by Gasteiger charge is -2.05. The summed E-state index contributed by atoms with van der Waals surface area (Å²) in [7, 11) is 1.59. The molecule has 2 aromatic heterocycles. The van der Waals surface area contributed by atoms with Crippen molar-refractivity contribution in [2.24, 2.45) is 0 Å². The molecule has 0 fully saturated rings. The number of nitrogens with one attached hydrogen (secondary N) is 1. The molecule has 0 saturated carbocycles. The van der Waals surface area contributed by atoms with Gasteiger partial charge in [-0.3, -0.25) is 4.79 Å². The van der Waals surface area contributed by atoms with Crippen LogP contribution in [0.2, 0.25) is 0 Å². The van der Waals surface area contributed by atoms with E-state index in [1.807, 2.05) is 31.2 Å². The van der Waals surface area contributed by atoms with Crippen LogP contribution in [0.25, 0.3) is 17.3 Å². The highest BCUT2D eigenvalue weighted by Gasteiger charge is 2.20. The molecule has 1 amide bonds. The van der Waals surface area contributed by atoms with Gasteiger partial charge in [-0.25, -0.2) is 4.68 Å². The van der Waals surface area contributed by atoms with Crippen molar-refractivity contribution in [2.45, 2.75) is 6.92 Å². The van der Waals surface area contributed by atoms with Crippen molar-refractivity contribution >= 4 is 11.6 Å². The second-order valence-corrected chi connectivity index (χ2v) is 6.17. The molecule has 0 atom stereocenters. The third kappa shape index (κ3) is 3.50. The first-order valence-electron chi connectivity index (χ1n) is 8.67. The molecule has 28 heavy (non-hydrogen) atoms. The fraction of sp³-hybridized carbons (Fsp3) is 0.0952. The fourth-order valence-electron chi connectivity index (χ4n) is 2.77. The molecule has 2 aromatic carbocycles.